The van der Waals surface area contributed by atoms with Gasteiger partial charge in [-0.3, -0.25) is 4.79 Å². The van der Waals surface area contributed by atoms with Crippen molar-refractivity contribution in [3.05, 3.63) is 130 Å². The van der Waals surface area contributed by atoms with E-state index in [0.29, 0.717) is 21.9 Å². The molecule has 1 amide bonds. The highest BCUT2D eigenvalue weighted by Crippen LogP contribution is 2.33. The topological polar surface area (TPSA) is 53.7 Å². The minimum atomic E-state index is -4.47. The molecule has 0 aliphatic heterocycles. The van der Waals surface area contributed by atoms with Crippen molar-refractivity contribution in [1.29, 1.82) is 0 Å². The van der Waals surface area contributed by atoms with Gasteiger partial charge in [0.1, 0.15) is 17.3 Å². The lowest BCUT2D eigenvalue weighted by Crippen LogP contribution is -2.32. The van der Waals surface area contributed by atoms with Crippen molar-refractivity contribution in [1.82, 2.24) is 4.90 Å². The maximum absolute atomic E-state index is 13.0. The van der Waals surface area contributed by atoms with E-state index >= 15 is 0 Å². The van der Waals surface area contributed by atoms with Gasteiger partial charge in [-0.05, 0) is 66.9 Å². The molecule has 39 heavy (non-hydrogen) atoms. The SMILES string of the molecule is C=C(O)CN(Cc1ccc(-c2cccc(C(F)(F)F)c2)o1)C(=O)c1ccc(Cl)cc1C.CCc1ccccc1. The van der Waals surface area contributed by atoms with Crippen LogP contribution in [-0.2, 0) is 19.1 Å². The Morgan fingerprint density at radius 1 is 1.00 bits per heavy atom. The number of benzene rings is 3. The largest absolute Gasteiger partial charge is 0.511 e. The first-order valence-corrected chi connectivity index (χ1v) is 12.6. The molecule has 0 radical (unpaired) electrons. The van der Waals surface area contributed by atoms with Crippen molar-refractivity contribution in [2.45, 2.75) is 33.0 Å². The molecule has 0 saturated carbocycles. The number of alkyl halides is 3. The number of furan rings is 1. The molecule has 204 valence electrons. The van der Waals surface area contributed by atoms with Crippen molar-refractivity contribution in [2.24, 2.45) is 0 Å². The van der Waals surface area contributed by atoms with Gasteiger partial charge in [0.05, 0.1) is 18.7 Å². The maximum Gasteiger partial charge on any atom is 0.416 e. The van der Waals surface area contributed by atoms with E-state index in [-0.39, 0.29) is 36.1 Å². The number of carbonyl (C=O) groups excluding carboxylic acids is 1. The van der Waals surface area contributed by atoms with Gasteiger partial charge in [-0.1, -0.05) is 67.6 Å². The molecule has 1 heterocycles. The Kier molecular flexibility index (Phi) is 10.0. The Labute approximate surface area is 231 Å². The number of amides is 1. The number of halogens is 4. The monoisotopic (exact) mass is 555 g/mol. The van der Waals surface area contributed by atoms with Gasteiger partial charge in [-0.25, -0.2) is 0 Å². The average molecular weight is 556 g/mol. The molecular formula is C31H29ClF3NO3. The van der Waals surface area contributed by atoms with Crippen LogP contribution in [0, 0.1) is 6.92 Å². The number of nitrogens with zero attached hydrogens (tertiary/aromatic N) is 1. The summed E-state index contributed by atoms with van der Waals surface area (Å²) < 4.78 is 44.6. The van der Waals surface area contributed by atoms with Crippen molar-refractivity contribution in [2.75, 3.05) is 6.54 Å². The normalized spacial score (nSPS) is 10.9. The molecule has 0 aliphatic rings. The first-order chi connectivity index (χ1) is 18.5. The van der Waals surface area contributed by atoms with E-state index in [1.54, 1.807) is 31.2 Å². The first-order valence-electron chi connectivity index (χ1n) is 12.2. The lowest BCUT2D eigenvalue weighted by Gasteiger charge is -2.22. The van der Waals surface area contributed by atoms with Crippen LogP contribution in [0.5, 0.6) is 0 Å². The molecule has 0 unspecified atom stereocenters. The average Bonchev–Trinajstić information content (AvgIpc) is 3.37. The highest BCUT2D eigenvalue weighted by molar-refractivity contribution is 6.30. The van der Waals surface area contributed by atoms with Crippen molar-refractivity contribution >= 4 is 17.5 Å². The summed E-state index contributed by atoms with van der Waals surface area (Å²) in [4.78, 5) is 14.3. The molecule has 3 aromatic carbocycles. The van der Waals surface area contributed by atoms with Gasteiger partial charge in [-0.2, -0.15) is 13.2 Å². The molecular weight excluding hydrogens is 527 g/mol. The molecule has 0 atom stereocenters. The minimum absolute atomic E-state index is 0.0144. The second-order valence-corrected chi connectivity index (χ2v) is 9.31. The quantitative estimate of drug-likeness (QED) is 0.232. The van der Waals surface area contributed by atoms with E-state index in [1.165, 1.54) is 28.7 Å². The molecule has 4 rings (SSSR count). The Bertz CT molecular complexity index is 1410. The summed E-state index contributed by atoms with van der Waals surface area (Å²) in [7, 11) is 0. The molecule has 0 saturated heterocycles. The summed E-state index contributed by atoms with van der Waals surface area (Å²) in [5, 5.41) is 10.1. The molecule has 0 fully saturated rings. The fraction of sp³-hybridized carbons (Fsp3) is 0.194. The number of aliphatic hydroxyl groups is 1. The highest BCUT2D eigenvalue weighted by atomic mass is 35.5. The number of aliphatic hydroxyl groups excluding tert-OH is 1. The Morgan fingerprint density at radius 2 is 1.72 bits per heavy atom. The van der Waals surface area contributed by atoms with Crippen LogP contribution in [0.25, 0.3) is 11.3 Å². The van der Waals surface area contributed by atoms with E-state index < -0.39 is 11.7 Å². The van der Waals surface area contributed by atoms with Crippen LogP contribution >= 0.6 is 11.6 Å². The minimum Gasteiger partial charge on any atom is -0.511 e. The fourth-order valence-electron chi connectivity index (χ4n) is 3.83. The lowest BCUT2D eigenvalue weighted by molar-refractivity contribution is -0.137. The molecule has 1 aromatic heterocycles. The number of carbonyl (C=O) groups is 1. The maximum atomic E-state index is 13.0. The van der Waals surface area contributed by atoms with Crippen LogP contribution in [0.3, 0.4) is 0 Å². The summed E-state index contributed by atoms with van der Waals surface area (Å²) >= 11 is 5.95. The number of hydrogen-bond donors (Lipinski definition) is 1. The van der Waals surface area contributed by atoms with Gasteiger partial charge in [0.25, 0.3) is 5.91 Å². The van der Waals surface area contributed by atoms with E-state index in [4.69, 9.17) is 16.0 Å². The van der Waals surface area contributed by atoms with Gasteiger partial charge in [0, 0.05) is 16.1 Å². The van der Waals surface area contributed by atoms with E-state index in [9.17, 15) is 23.1 Å². The molecule has 0 aliphatic carbocycles. The third kappa shape index (κ3) is 8.52. The smallest absolute Gasteiger partial charge is 0.416 e. The fourth-order valence-corrected chi connectivity index (χ4v) is 4.05. The van der Waals surface area contributed by atoms with Crippen LogP contribution in [-0.4, -0.2) is 22.5 Å². The molecule has 1 N–H and O–H groups in total. The second kappa shape index (κ2) is 13.2. The predicted octanol–water partition coefficient (Wildman–Crippen LogP) is 8.89. The van der Waals surface area contributed by atoms with Crippen molar-refractivity contribution < 1.29 is 27.5 Å². The van der Waals surface area contributed by atoms with E-state index in [1.807, 2.05) is 6.07 Å². The Balaban J connectivity index is 0.000000449. The van der Waals surface area contributed by atoms with Crippen LogP contribution in [0.2, 0.25) is 5.02 Å². The number of hydrogen-bond acceptors (Lipinski definition) is 3. The molecule has 8 heteroatoms. The van der Waals surface area contributed by atoms with Gasteiger partial charge >= 0.3 is 6.18 Å². The Hall–Kier alpha value is -3.97. The van der Waals surface area contributed by atoms with Gasteiger partial charge in [0.15, 0.2) is 0 Å². The zero-order valence-corrected chi connectivity index (χ0v) is 22.4. The molecule has 0 spiro atoms. The summed E-state index contributed by atoms with van der Waals surface area (Å²) in [6.45, 7) is 7.19. The summed E-state index contributed by atoms with van der Waals surface area (Å²) in [5.41, 5.74) is 1.95. The molecule has 4 nitrogen and oxygen atoms in total. The summed E-state index contributed by atoms with van der Waals surface area (Å²) in [6.07, 6.45) is -3.33. The van der Waals surface area contributed by atoms with E-state index in [2.05, 4.69) is 37.8 Å². The third-order valence-corrected chi connectivity index (χ3v) is 6.05. The second-order valence-electron chi connectivity index (χ2n) is 8.87. The highest BCUT2D eigenvalue weighted by Gasteiger charge is 2.30. The third-order valence-electron chi connectivity index (χ3n) is 5.81. The Morgan fingerprint density at radius 3 is 2.31 bits per heavy atom. The van der Waals surface area contributed by atoms with Gasteiger partial charge < -0.3 is 14.4 Å². The molecule has 4 aromatic rings. The van der Waals surface area contributed by atoms with Crippen LogP contribution in [0.15, 0.2) is 102 Å². The lowest BCUT2D eigenvalue weighted by atomic mass is 10.1. The van der Waals surface area contributed by atoms with Crippen LogP contribution < -0.4 is 0 Å². The summed E-state index contributed by atoms with van der Waals surface area (Å²) in [5.74, 6) is -0.0152. The van der Waals surface area contributed by atoms with Crippen LogP contribution in [0.4, 0.5) is 13.2 Å². The van der Waals surface area contributed by atoms with Crippen LogP contribution in [0.1, 0.15) is 39.7 Å². The number of rotatable bonds is 7. The predicted molar refractivity (Wildman–Crippen MR) is 148 cm³/mol. The van der Waals surface area contributed by atoms with Crippen molar-refractivity contribution in [3.8, 4) is 11.3 Å². The number of aryl methyl sites for hydroxylation is 2. The summed E-state index contributed by atoms with van der Waals surface area (Å²) in [6, 6.07) is 23.2. The van der Waals surface area contributed by atoms with Crippen molar-refractivity contribution in [3.63, 3.8) is 0 Å². The van der Waals surface area contributed by atoms with Gasteiger partial charge in [0.2, 0.25) is 0 Å². The zero-order chi connectivity index (χ0) is 28.6. The standard InChI is InChI=1S/C23H19ClF3NO3.C8H10/c1-14-10-18(24)6-8-20(14)22(30)28(12-15(2)29)13-19-7-9-21(31-19)16-4-3-5-17(11-16)23(25,26)27;1-2-8-6-4-3-5-7-8/h3-11,29H,2,12-13H2,1H3;3-7H,2H2,1H3. The zero-order valence-electron chi connectivity index (χ0n) is 21.6. The van der Waals surface area contributed by atoms with E-state index in [0.717, 1.165) is 18.6 Å². The first kappa shape index (κ1) is 29.6. The molecule has 0 bridgehead atoms. The van der Waals surface area contributed by atoms with Gasteiger partial charge in [-0.15, -0.1) is 0 Å².